The molecule has 1 atom stereocenters. The molecule has 6 heteroatoms. The predicted molar refractivity (Wildman–Crippen MR) is 79.2 cm³/mol. The molecular formula is C15H22F3N3. The highest BCUT2D eigenvalue weighted by molar-refractivity contribution is 5.58. The van der Waals surface area contributed by atoms with Gasteiger partial charge in [0.1, 0.15) is 0 Å². The van der Waals surface area contributed by atoms with Gasteiger partial charge in [-0.15, -0.1) is 0 Å². The molecule has 0 aromatic heterocycles. The van der Waals surface area contributed by atoms with Crippen molar-refractivity contribution < 1.29 is 13.2 Å². The lowest BCUT2D eigenvalue weighted by atomic mass is 10.1. The zero-order chi connectivity index (χ0) is 15.5. The summed E-state index contributed by atoms with van der Waals surface area (Å²) in [5.74, 6) is 0.384. The molecular weight excluding hydrogens is 279 g/mol. The molecule has 0 bridgehead atoms. The number of nitrogens with two attached hydrogens (primary N) is 1. The fraction of sp³-hybridized carbons (Fsp3) is 0.600. The molecule has 0 amide bonds. The second-order valence-corrected chi connectivity index (χ2v) is 5.79. The highest BCUT2D eigenvalue weighted by Crippen LogP contribution is 2.35. The van der Waals surface area contributed by atoms with E-state index in [1.165, 1.54) is 18.9 Å². The predicted octanol–water partition coefficient (Wildman–Crippen LogP) is 3.43. The lowest BCUT2D eigenvalue weighted by molar-refractivity contribution is -0.136. The minimum absolute atomic E-state index is 0.238. The van der Waals surface area contributed by atoms with Crippen LogP contribution < -0.4 is 11.1 Å². The van der Waals surface area contributed by atoms with E-state index in [0.717, 1.165) is 25.7 Å². The summed E-state index contributed by atoms with van der Waals surface area (Å²) in [6.45, 7) is 5.99. The van der Waals surface area contributed by atoms with Gasteiger partial charge in [0.2, 0.25) is 0 Å². The summed E-state index contributed by atoms with van der Waals surface area (Å²) < 4.78 is 38.4. The third-order valence-corrected chi connectivity index (χ3v) is 3.78. The Balaban J connectivity index is 1.90. The summed E-state index contributed by atoms with van der Waals surface area (Å²) in [6, 6.07) is 3.97. The summed E-state index contributed by atoms with van der Waals surface area (Å²) in [5.41, 5.74) is 4.83. The van der Waals surface area contributed by atoms with E-state index in [4.69, 9.17) is 5.73 Å². The van der Waals surface area contributed by atoms with Gasteiger partial charge in [-0.1, -0.05) is 6.92 Å². The van der Waals surface area contributed by atoms with Gasteiger partial charge in [0.15, 0.2) is 0 Å². The fourth-order valence-corrected chi connectivity index (χ4v) is 2.67. The molecule has 21 heavy (non-hydrogen) atoms. The van der Waals surface area contributed by atoms with Crippen LogP contribution in [0.5, 0.6) is 0 Å². The van der Waals surface area contributed by atoms with Gasteiger partial charge in [-0.25, -0.2) is 0 Å². The molecule has 1 aromatic rings. The van der Waals surface area contributed by atoms with Crippen LogP contribution in [-0.4, -0.2) is 31.1 Å². The maximum absolute atomic E-state index is 12.8. The van der Waals surface area contributed by atoms with Crippen LogP contribution >= 0.6 is 0 Å². The zero-order valence-electron chi connectivity index (χ0n) is 12.2. The molecule has 1 fully saturated rings. The van der Waals surface area contributed by atoms with Gasteiger partial charge in [0, 0.05) is 24.5 Å². The minimum Gasteiger partial charge on any atom is -0.398 e. The van der Waals surface area contributed by atoms with E-state index >= 15 is 0 Å². The topological polar surface area (TPSA) is 41.3 Å². The van der Waals surface area contributed by atoms with Crippen molar-refractivity contribution in [3.63, 3.8) is 0 Å². The molecule has 2 rings (SSSR count). The van der Waals surface area contributed by atoms with Crippen molar-refractivity contribution in [2.75, 3.05) is 37.2 Å². The van der Waals surface area contributed by atoms with E-state index in [-0.39, 0.29) is 5.69 Å². The fourth-order valence-electron chi connectivity index (χ4n) is 2.67. The first-order valence-corrected chi connectivity index (χ1v) is 7.29. The maximum Gasteiger partial charge on any atom is 0.418 e. The smallest absolute Gasteiger partial charge is 0.398 e. The first kappa shape index (κ1) is 15.9. The molecule has 0 spiro atoms. The van der Waals surface area contributed by atoms with Gasteiger partial charge in [-0.2, -0.15) is 13.2 Å². The van der Waals surface area contributed by atoms with Crippen LogP contribution in [-0.2, 0) is 6.18 Å². The Kier molecular flexibility index (Phi) is 4.98. The number of hydrogen-bond donors (Lipinski definition) is 2. The van der Waals surface area contributed by atoms with Crippen LogP contribution in [0, 0.1) is 5.92 Å². The lowest BCUT2D eigenvalue weighted by Gasteiger charge is -2.21. The van der Waals surface area contributed by atoms with E-state index in [1.807, 2.05) is 0 Å². The molecule has 1 aromatic carbocycles. The van der Waals surface area contributed by atoms with Crippen molar-refractivity contribution in [1.29, 1.82) is 0 Å². The Bertz CT molecular complexity index is 468. The van der Waals surface area contributed by atoms with Crippen molar-refractivity contribution >= 4 is 11.4 Å². The first-order chi connectivity index (χ1) is 9.86. The van der Waals surface area contributed by atoms with Crippen molar-refractivity contribution in [2.24, 2.45) is 5.92 Å². The number of hydrogen-bond acceptors (Lipinski definition) is 3. The van der Waals surface area contributed by atoms with Gasteiger partial charge >= 0.3 is 6.18 Å². The van der Waals surface area contributed by atoms with Crippen LogP contribution in [0.4, 0.5) is 24.5 Å². The zero-order valence-corrected chi connectivity index (χ0v) is 12.2. The largest absolute Gasteiger partial charge is 0.418 e. The van der Waals surface area contributed by atoms with Crippen LogP contribution in [0.3, 0.4) is 0 Å². The summed E-state index contributed by atoms with van der Waals surface area (Å²) in [4.78, 5) is 2.40. The molecule has 0 radical (unpaired) electrons. The number of likely N-dealkylation sites (tertiary alicyclic amines) is 1. The number of nitrogens with zero attached hydrogens (tertiary/aromatic N) is 1. The first-order valence-electron chi connectivity index (χ1n) is 7.29. The monoisotopic (exact) mass is 301 g/mol. The molecule has 0 saturated carbocycles. The van der Waals surface area contributed by atoms with Crippen molar-refractivity contribution in [2.45, 2.75) is 25.9 Å². The van der Waals surface area contributed by atoms with Gasteiger partial charge in [0.25, 0.3) is 0 Å². The number of nitrogens with one attached hydrogen (secondary N) is 1. The highest BCUT2D eigenvalue weighted by atomic mass is 19.4. The highest BCUT2D eigenvalue weighted by Gasteiger charge is 2.33. The van der Waals surface area contributed by atoms with Crippen molar-refractivity contribution in [1.82, 2.24) is 4.90 Å². The molecule has 118 valence electrons. The standard InChI is InChI=1S/C15H22F3N3/c1-11(10-21-6-2-3-7-21)9-20-12-4-5-14(19)13(8-12)15(16,17)18/h4-5,8,11,20H,2-3,6-7,9-10,19H2,1H3. The summed E-state index contributed by atoms with van der Waals surface area (Å²) >= 11 is 0. The van der Waals surface area contributed by atoms with Crippen molar-refractivity contribution in [3.05, 3.63) is 23.8 Å². The molecule has 1 aliphatic heterocycles. The Labute approximate surface area is 123 Å². The van der Waals surface area contributed by atoms with Crippen LogP contribution in [0.15, 0.2) is 18.2 Å². The lowest BCUT2D eigenvalue weighted by Crippen LogP contribution is -2.28. The summed E-state index contributed by atoms with van der Waals surface area (Å²) in [5, 5.41) is 3.08. The Morgan fingerprint density at radius 3 is 2.57 bits per heavy atom. The normalized spacial score (nSPS) is 17.9. The molecule has 0 aliphatic carbocycles. The van der Waals surface area contributed by atoms with Crippen molar-refractivity contribution in [3.8, 4) is 0 Å². The number of halogens is 3. The molecule has 3 nitrogen and oxygen atoms in total. The Morgan fingerprint density at radius 2 is 1.95 bits per heavy atom. The Hall–Kier alpha value is -1.43. The SMILES string of the molecule is CC(CNc1ccc(N)c(C(F)(F)F)c1)CN1CCCC1. The van der Waals surface area contributed by atoms with E-state index in [1.54, 1.807) is 6.07 Å². The van der Waals surface area contributed by atoms with Gasteiger partial charge < -0.3 is 16.0 Å². The third-order valence-electron chi connectivity index (χ3n) is 3.78. The van der Waals surface area contributed by atoms with Crippen LogP contribution in [0.25, 0.3) is 0 Å². The summed E-state index contributed by atoms with van der Waals surface area (Å²) in [6.07, 6.45) is -1.93. The van der Waals surface area contributed by atoms with E-state index in [9.17, 15) is 13.2 Å². The Morgan fingerprint density at radius 1 is 1.29 bits per heavy atom. The number of benzene rings is 1. The summed E-state index contributed by atoms with van der Waals surface area (Å²) in [7, 11) is 0. The number of rotatable bonds is 5. The molecule has 1 heterocycles. The molecule has 1 aliphatic rings. The second-order valence-electron chi connectivity index (χ2n) is 5.79. The maximum atomic E-state index is 12.8. The second kappa shape index (κ2) is 6.56. The number of anilines is 2. The molecule has 3 N–H and O–H groups in total. The number of alkyl halides is 3. The van der Waals surface area contributed by atoms with Gasteiger partial charge in [-0.05, 0) is 50.0 Å². The van der Waals surface area contributed by atoms with Gasteiger partial charge in [-0.3, -0.25) is 0 Å². The average Bonchev–Trinajstić information content (AvgIpc) is 2.89. The van der Waals surface area contributed by atoms with E-state index < -0.39 is 11.7 Å². The molecule has 1 unspecified atom stereocenters. The van der Waals surface area contributed by atoms with Crippen LogP contribution in [0.1, 0.15) is 25.3 Å². The van der Waals surface area contributed by atoms with E-state index in [0.29, 0.717) is 18.2 Å². The van der Waals surface area contributed by atoms with Crippen LogP contribution in [0.2, 0.25) is 0 Å². The quantitative estimate of drug-likeness (QED) is 0.819. The molecule has 1 saturated heterocycles. The van der Waals surface area contributed by atoms with E-state index in [2.05, 4.69) is 17.1 Å². The average molecular weight is 301 g/mol. The number of nitrogen functional groups attached to an aromatic ring is 1. The van der Waals surface area contributed by atoms with Gasteiger partial charge in [0.05, 0.1) is 5.56 Å². The minimum atomic E-state index is -4.41. The third kappa shape index (κ3) is 4.52.